The molecule has 0 fully saturated rings. The SMILES string of the molecule is CCNC(=NCCS(=O)C(C)(C)C)N(C)Cc1csc(C)n1.I. The first-order valence-corrected chi connectivity index (χ1v) is 9.72. The van der Waals surface area contributed by atoms with Gasteiger partial charge in [0.15, 0.2) is 5.96 Å². The van der Waals surface area contributed by atoms with Gasteiger partial charge in [0.1, 0.15) is 0 Å². The Bertz CT molecular complexity index is 526. The molecule has 0 aliphatic heterocycles. The van der Waals surface area contributed by atoms with Gasteiger partial charge in [-0.25, -0.2) is 4.98 Å². The number of nitrogens with one attached hydrogen (secondary N) is 1. The second-order valence-corrected chi connectivity index (χ2v) is 9.50. The summed E-state index contributed by atoms with van der Waals surface area (Å²) in [6, 6.07) is 0. The Morgan fingerprint density at radius 1 is 1.48 bits per heavy atom. The quantitative estimate of drug-likeness (QED) is 0.393. The van der Waals surface area contributed by atoms with E-state index in [9.17, 15) is 4.21 Å². The number of hydrogen-bond acceptors (Lipinski definition) is 4. The Balaban J connectivity index is 0.00000484. The molecule has 1 aromatic rings. The summed E-state index contributed by atoms with van der Waals surface area (Å²) in [4.78, 5) is 11.1. The van der Waals surface area contributed by atoms with Crippen molar-refractivity contribution in [2.75, 3.05) is 25.9 Å². The summed E-state index contributed by atoms with van der Waals surface area (Å²) in [5.74, 6) is 1.42. The highest BCUT2D eigenvalue weighted by molar-refractivity contribution is 14.0. The molecule has 8 heteroatoms. The first-order chi connectivity index (χ1) is 10.2. The van der Waals surface area contributed by atoms with Gasteiger partial charge in [0, 0.05) is 40.3 Å². The van der Waals surface area contributed by atoms with Gasteiger partial charge < -0.3 is 10.2 Å². The Morgan fingerprint density at radius 3 is 2.61 bits per heavy atom. The maximum Gasteiger partial charge on any atom is 0.194 e. The number of hydrogen-bond donors (Lipinski definition) is 1. The number of aliphatic imine (C=N–C) groups is 1. The third-order valence-corrected chi connectivity index (χ3v) is 5.73. The molecule has 0 aromatic carbocycles. The van der Waals surface area contributed by atoms with E-state index in [1.54, 1.807) is 11.3 Å². The fourth-order valence-corrected chi connectivity index (χ4v) is 3.28. The first-order valence-electron chi connectivity index (χ1n) is 7.53. The molecule has 0 saturated carbocycles. The van der Waals surface area contributed by atoms with Crippen LogP contribution in [0.3, 0.4) is 0 Å². The largest absolute Gasteiger partial charge is 0.357 e. The molecule has 0 aliphatic rings. The van der Waals surface area contributed by atoms with E-state index in [1.165, 1.54) is 0 Å². The fraction of sp³-hybridized carbons (Fsp3) is 0.733. The van der Waals surface area contributed by atoms with Gasteiger partial charge in [-0.15, -0.1) is 35.3 Å². The maximum atomic E-state index is 12.1. The zero-order valence-corrected chi connectivity index (χ0v) is 18.8. The average molecular weight is 472 g/mol. The van der Waals surface area contributed by atoms with Gasteiger partial charge in [-0.05, 0) is 34.6 Å². The Kier molecular flexibility index (Phi) is 10.5. The first kappa shape index (κ1) is 22.8. The molecule has 1 unspecified atom stereocenters. The molecule has 0 bridgehead atoms. The highest BCUT2D eigenvalue weighted by Gasteiger charge is 2.18. The summed E-state index contributed by atoms with van der Waals surface area (Å²) in [5, 5.41) is 6.42. The van der Waals surface area contributed by atoms with Crippen molar-refractivity contribution in [3.8, 4) is 0 Å². The third-order valence-electron chi connectivity index (χ3n) is 2.98. The van der Waals surface area contributed by atoms with E-state index < -0.39 is 10.8 Å². The second kappa shape index (κ2) is 10.6. The highest BCUT2D eigenvalue weighted by atomic mass is 127. The normalized spacial score (nSPS) is 13.4. The molecule has 0 amide bonds. The molecule has 0 radical (unpaired) electrons. The van der Waals surface area contributed by atoms with Gasteiger partial charge in [0.05, 0.1) is 23.8 Å². The smallest absolute Gasteiger partial charge is 0.194 e. The lowest BCUT2D eigenvalue weighted by molar-refractivity contribution is 0.471. The molecule has 0 aliphatic carbocycles. The predicted molar refractivity (Wildman–Crippen MR) is 112 cm³/mol. The summed E-state index contributed by atoms with van der Waals surface area (Å²) in [6.45, 7) is 12.1. The molecule has 1 aromatic heterocycles. The van der Waals surface area contributed by atoms with Crippen molar-refractivity contribution in [2.45, 2.75) is 45.9 Å². The Labute approximate surface area is 163 Å². The minimum absolute atomic E-state index is 0. The standard InChI is InChI=1S/C15H28N4OS2.HI/c1-7-16-14(17-8-9-22(20)15(3,4)5)19(6)10-13-11-21-12(2)18-13;/h11H,7-10H2,1-6H3,(H,16,17);1H. The zero-order chi connectivity index (χ0) is 16.8. The third kappa shape index (κ3) is 8.44. The molecular weight excluding hydrogens is 443 g/mol. The van der Waals surface area contributed by atoms with Crippen LogP contribution in [0.2, 0.25) is 0 Å². The van der Waals surface area contributed by atoms with Gasteiger partial charge in [-0.1, -0.05) is 0 Å². The van der Waals surface area contributed by atoms with Crippen molar-refractivity contribution in [3.63, 3.8) is 0 Å². The summed E-state index contributed by atoms with van der Waals surface area (Å²) in [5.41, 5.74) is 1.05. The van der Waals surface area contributed by atoms with Crippen LogP contribution in [-0.2, 0) is 17.3 Å². The van der Waals surface area contributed by atoms with Crippen molar-refractivity contribution < 1.29 is 4.21 Å². The van der Waals surface area contributed by atoms with Crippen LogP contribution in [0.5, 0.6) is 0 Å². The van der Waals surface area contributed by atoms with Crippen molar-refractivity contribution in [2.24, 2.45) is 4.99 Å². The molecule has 1 heterocycles. The van der Waals surface area contributed by atoms with Crippen LogP contribution in [0.25, 0.3) is 0 Å². The maximum absolute atomic E-state index is 12.1. The lowest BCUT2D eigenvalue weighted by Gasteiger charge is -2.21. The molecule has 134 valence electrons. The molecule has 1 rings (SSSR count). The van der Waals surface area contributed by atoms with E-state index in [1.807, 2.05) is 41.7 Å². The predicted octanol–water partition coefficient (Wildman–Crippen LogP) is 3.01. The van der Waals surface area contributed by atoms with Gasteiger partial charge in [-0.2, -0.15) is 0 Å². The van der Waals surface area contributed by atoms with Gasteiger partial charge >= 0.3 is 0 Å². The topological polar surface area (TPSA) is 57.6 Å². The number of halogens is 1. The number of guanidine groups is 1. The van der Waals surface area contributed by atoms with Crippen molar-refractivity contribution >= 4 is 52.1 Å². The fourth-order valence-electron chi connectivity index (χ4n) is 1.81. The number of aryl methyl sites for hydroxylation is 1. The van der Waals surface area contributed by atoms with Crippen LogP contribution in [-0.4, -0.2) is 50.7 Å². The monoisotopic (exact) mass is 472 g/mol. The van der Waals surface area contributed by atoms with Crippen molar-refractivity contribution in [3.05, 3.63) is 16.1 Å². The van der Waals surface area contributed by atoms with E-state index >= 15 is 0 Å². The van der Waals surface area contributed by atoms with Crippen LogP contribution in [0, 0.1) is 6.92 Å². The molecule has 0 saturated heterocycles. The Hall–Kier alpha value is -0.220. The molecule has 23 heavy (non-hydrogen) atoms. The van der Waals surface area contributed by atoms with Crippen LogP contribution in [0.15, 0.2) is 10.4 Å². The molecule has 5 nitrogen and oxygen atoms in total. The number of rotatable bonds is 6. The number of nitrogens with zero attached hydrogens (tertiary/aromatic N) is 3. The van der Waals surface area contributed by atoms with Crippen LogP contribution >= 0.6 is 35.3 Å². The average Bonchev–Trinajstić information content (AvgIpc) is 2.81. The summed E-state index contributed by atoms with van der Waals surface area (Å²) in [7, 11) is 1.13. The van der Waals surface area contributed by atoms with Crippen LogP contribution < -0.4 is 5.32 Å². The molecule has 1 N–H and O–H groups in total. The van der Waals surface area contributed by atoms with E-state index in [0.717, 1.165) is 29.8 Å². The molecular formula is C15H29IN4OS2. The highest BCUT2D eigenvalue weighted by Crippen LogP contribution is 2.11. The minimum Gasteiger partial charge on any atom is -0.357 e. The minimum atomic E-state index is -0.870. The van der Waals surface area contributed by atoms with Crippen molar-refractivity contribution in [1.82, 2.24) is 15.2 Å². The summed E-state index contributed by atoms with van der Waals surface area (Å²) in [6.07, 6.45) is 0. The summed E-state index contributed by atoms with van der Waals surface area (Å²) < 4.78 is 11.9. The van der Waals surface area contributed by atoms with E-state index in [2.05, 4.69) is 25.6 Å². The number of thiazole rings is 1. The van der Waals surface area contributed by atoms with Crippen LogP contribution in [0.1, 0.15) is 38.4 Å². The lowest BCUT2D eigenvalue weighted by Crippen LogP contribution is -2.39. The van der Waals surface area contributed by atoms with Crippen molar-refractivity contribution in [1.29, 1.82) is 0 Å². The lowest BCUT2D eigenvalue weighted by atomic mass is 10.3. The Morgan fingerprint density at radius 2 is 2.13 bits per heavy atom. The van der Waals surface area contributed by atoms with Gasteiger partial charge in [0.2, 0.25) is 0 Å². The molecule has 0 spiro atoms. The molecule has 1 atom stereocenters. The number of aromatic nitrogens is 1. The van der Waals surface area contributed by atoms with Gasteiger partial charge in [-0.3, -0.25) is 9.20 Å². The van der Waals surface area contributed by atoms with Gasteiger partial charge in [0.25, 0.3) is 0 Å². The zero-order valence-electron chi connectivity index (χ0n) is 14.9. The van der Waals surface area contributed by atoms with Crippen LogP contribution in [0.4, 0.5) is 0 Å². The second-order valence-electron chi connectivity index (χ2n) is 6.11. The van der Waals surface area contributed by atoms with E-state index in [4.69, 9.17) is 0 Å². The van der Waals surface area contributed by atoms with E-state index in [0.29, 0.717) is 12.3 Å². The van der Waals surface area contributed by atoms with E-state index in [-0.39, 0.29) is 28.7 Å². The summed E-state index contributed by atoms with van der Waals surface area (Å²) >= 11 is 1.66.